The first-order chi connectivity index (χ1) is 17.3. The molecule has 180 valence electrons. The maximum Gasteiger partial charge on any atom is 0.301 e. The summed E-state index contributed by atoms with van der Waals surface area (Å²) in [7, 11) is 0. The topological polar surface area (TPSA) is 79.7 Å². The number of aliphatic hydroxyl groups is 1. The van der Waals surface area contributed by atoms with E-state index in [4.69, 9.17) is 4.74 Å². The summed E-state index contributed by atoms with van der Waals surface area (Å²) >= 11 is 4.80. The second-order valence-corrected chi connectivity index (χ2v) is 11.1. The quantitative estimate of drug-likeness (QED) is 0.180. The molecule has 3 heterocycles. The van der Waals surface area contributed by atoms with Gasteiger partial charge in [-0.05, 0) is 73.0 Å². The van der Waals surface area contributed by atoms with Crippen LogP contribution in [-0.2, 0) is 16.0 Å². The number of ketones is 1. The number of benzene rings is 3. The molecular formula is C28H21BrN2O4S. The van der Waals surface area contributed by atoms with E-state index < -0.39 is 17.7 Å². The standard InChI is InChI=1S/C28H21BrN2O4S/c1-14-3-9-20-22(11-14)36-28(30-20)31-24(16-4-7-19(29)8-5-16)23(26(33)27(31)34)25(32)17-6-10-21-18(13-17)12-15(2)35-21/h3-11,13,15,24,32H,12H2,1-2H3/t15-,24+/m0/s1. The fourth-order valence-electron chi connectivity index (χ4n) is 4.84. The van der Waals surface area contributed by atoms with E-state index in [0.29, 0.717) is 22.7 Å². The van der Waals surface area contributed by atoms with Crippen LogP contribution >= 0.6 is 27.3 Å². The summed E-state index contributed by atoms with van der Waals surface area (Å²) in [5.41, 5.74) is 4.02. The molecule has 6 nitrogen and oxygen atoms in total. The highest BCUT2D eigenvalue weighted by Crippen LogP contribution is 2.45. The number of hydrogen-bond acceptors (Lipinski definition) is 6. The van der Waals surface area contributed by atoms with Gasteiger partial charge in [-0.15, -0.1) is 0 Å². The zero-order chi connectivity index (χ0) is 25.1. The lowest BCUT2D eigenvalue weighted by atomic mass is 9.94. The second-order valence-electron chi connectivity index (χ2n) is 9.14. The number of carbonyl (C=O) groups is 2. The molecule has 2 atom stereocenters. The molecule has 0 radical (unpaired) electrons. The molecule has 6 rings (SSSR count). The molecule has 1 aromatic heterocycles. The zero-order valence-corrected chi connectivity index (χ0v) is 21.9. The molecule has 1 saturated heterocycles. The van der Waals surface area contributed by atoms with Crippen molar-refractivity contribution in [3.63, 3.8) is 0 Å². The number of nitrogens with zero attached hydrogens (tertiary/aromatic N) is 2. The fraction of sp³-hybridized carbons (Fsp3) is 0.179. The minimum atomic E-state index is -0.816. The molecule has 0 aliphatic carbocycles. The Balaban J connectivity index is 1.53. The molecule has 8 heteroatoms. The Morgan fingerprint density at radius 2 is 1.89 bits per heavy atom. The summed E-state index contributed by atoms with van der Waals surface area (Å²) in [6, 6.07) is 17.8. The minimum Gasteiger partial charge on any atom is -0.507 e. The van der Waals surface area contributed by atoms with Crippen molar-refractivity contribution in [2.45, 2.75) is 32.4 Å². The van der Waals surface area contributed by atoms with Crippen LogP contribution in [0, 0.1) is 6.92 Å². The number of rotatable bonds is 3. The minimum absolute atomic E-state index is 0.0460. The van der Waals surface area contributed by atoms with E-state index >= 15 is 0 Å². The first-order valence-corrected chi connectivity index (χ1v) is 13.1. The van der Waals surface area contributed by atoms with Crippen molar-refractivity contribution in [2.75, 3.05) is 4.90 Å². The Bertz CT molecular complexity index is 1590. The maximum atomic E-state index is 13.4. The van der Waals surface area contributed by atoms with Crippen LogP contribution in [0.3, 0.4) is 0 Å². The van der Waals surface area contributed by atoms with Crippen LogP contribution in [0.1, 0.15) is 35.2 Å². The highest BCUT2D eigenvalue weighted by atomic mass is 79.9. The highest BCUT2D eigenvalue weighted by molar-refractivity contribution is 9.10. The molecule has 0 unspecified atom stereocenters. The van der Waals surface area contributed by atoms with Gasteiger partial charge in [0.15, 0.2) is 5.13 Å². The van der Waals surface area contributed by atoms with Crippen molar-refractivity contribution in [1.82, 2.24) is 4.98 Å². The molecule has 1 amide bonds. The van der Waals surface area contributed by atoms with Crippen molar-refractivity contribution in [3.05, 3.63) is 93.0 Å². The molecule has 1 N–H and O–H groups in total. The normalized spacial score (nSPS) is 20.7. The van der Waals surface area contributed by atoms with Gasteiger partial charge >= 0.3 is 5.91 Å². The fourth-order valence-corrected chi connectivity index (χ4v) is 6.19. The van der Waals surface area contributed by atoms with E-state index in [1.165, 1.54) is 16.2 Å². The number of ether oxygens (including phenoxy) is 1. The van der Waals surface area contributed by atoms with Gasteiger partial charge in [0, 0.05) is 16.5 Å². The number of halogens is 1. The van der Waals surface area contributed by atoms with Crippen LogP contribution in [0.2, 0.25) is 0 Å². The van der Waals surface area contributed by atoms with Gasteiger partial charge in [0.05, 0.1) is 21.8 Å². The van der Waals surface area contributed by atoms with Gasteiger partial charge in [0.25, 0.3) is 5.78 Å². The molecular weight excluding hydrogens is 540 g/mol. The highest BCUT2D eigenvalue weighted by Gasteiger charge is 2.48. The first kappa shape index (κ1) is 22.9. The summed E-state index contributed by atoms with van der Waals surface area (Å²) < 4.78 is 7.57. The Hall–Kier alpha value is -3.49. The summed E-state index contributed by atoms with van der Waals surface area (Å²) in [6.07, 6.45) is 0.764. The third-order valence-electron chi connectivity index (χ3n) is 6.54. The summed E-state index contributed by atoms with van der Waals surface area (Å²) in [4.78, 5) is 33.0. The monoisotopic (exact) mass is 560 g/mol. The van der Waals surface area contributed by atoms with E-state index in [1.807, 2.05) is 62.4 Å². The molecule has 0 saturated carbocycles. The number of fused-ring (bicyclic) bond motifs is 2. The third-order valence-corrected chi connectivity index (χ3v) is 8.08. The van der Waals surface area contributed by atoms with Crippen molar-refractivity contribution in [1.29, 1.82) is 0 Å². The Morgan fingerprint density at radius 3 is 2.67 bits per heavy atom. The lowest BCUT2D eigenvalue weighted by Gasteiger charge is -2.23. The lowest BCUT2D eigenvalue weighted by molar-refractivity contribution is -0.132. The van der Waals surface area contributed by atoms with Gasteiger partial charge in [-0.3, -0.25) is 14.5 Å². The average molecular weight is 561 g/mol. The van der Waals surface area contributed by atoms with E-state index in [0.717, 1.165) is 31.6 Å². The number of anilines is 1. The Labute approximate surface area is 220 Å². The van der Waals surface area contributed by atoms with Gasteiger partial charge in [-0.2, -0.15) is 0 Å². The van der Waals surface area contributed by atoms with Gasteiger partial charge in [-0.25, -0.2) is 4.98 Å². The summed E-state index contributed by atoms with van der Waals surface area (Å²) in [6.45, 7) is 3.98. The number of Topliss-reactive ketones (excluding diaryl/α,β-unsaturated/α-hetero) is 1. The molecule has 1 fully saturated rings. The summed E-state index contributed by atoms with van der Waals surface area (Å²) in [5.74, 6) is -0.879. The van der Waals surface area contributed by atoms with E-state index in [1.54, 1.807) is 12.1 Å². The first-order valence-electron chi connectivity index (χ1n) is 11.5. The van der Waals surface area contributed by atoms with Crippen molar-refractivity contribution < 1.29 is 19.4 Å². The van der Waals surface area contributed by atoms with Gasteiger partial charge in [0.2, 0.25) is 0 Å². The van der Waals surface area contributed by atoms with Crippen LogP contribution < -0.4 is 9.64 Å². The maximum absolute atomic E-state index is 13.4. The third kappa shape index (κ3) is 3.72. The number of aryl methyl sites for hydroxylation is 1. The van der Waals surface area contributed by atoms with Crippen LogP contribution in [-0.4, -0.2) is 27.9 Å². The molecule has 4 aromatic rings. The number of thiazole rings is 1. The predicted octanol–water partition coefficient (Wildman–Crippen LogP) is 6.32. The molecule has 0 bridgehead atoms. The number of aromatic nitrogens is 1. The van der Waals surface area contributed by atoms with Crippen molar-refractivity contribution in [2.24, 2.45) is 0 Å². The smallest absolute Gasteiger partial charge is 0.301 e. The Morgan fingerprint density at radius 1 is 1.11 bits per heavy atom. The molecule has 36 heavy (non-hydrogen) atoms. The van der Waals surface area contributed by atoms with E-state index in [2.05, 4.69) is 20.9 Å². The number of amides is 1. The van der Waals surface area contributed by atoms with E-state index in [9.17, 15) is 14.7 Å². The molecule has 2 aliphatic rings. The lowest BCUT2D eigenvalue weighted by Crippen LogP contribution is -2.29. The predicted molar refractivity (Wildman–Crippen MR) is 144 cm³/mol. The van der Waals surface area contributed by atoms with Crippen LogP contribution in [0.25, 0.3) is 16.0 Å². The SMILES string of the molecule is Cc1ccc2nc(N3C(=O)C(=O)C(=C(O)c4ccc5c(c4)C[C@H](C)O5)[C@H]3c3ccc(Br)cc3)sc2c1. The number of carbonyl (C=O) groups excluding carboxylic acids is 2. The second kappa shape index (κ2) is 8.57. The zero-order valence-electron chi connectivity index (χ0n) is 19.5. The van der Waals surface area contributed by atoms with Crippen LogP contribution in [0.4, 0.5) is 5.13 Å². The number of aliphatic hydroxyl groups excluding tert-OH is 1. The van der Waals surface area contributed by atoms with Crippen LogP contribution in [0.15, 0.2) is 70.7 Å². The van der Waals surface area contributed by atoms with Gasteiger partial charge in [0.1, 0.15) is 17.6 Å². The largest absolute Gasteiger partial charge is 0.507 e. The van der Waals surface area contributed by atoms with Gasteiger partial charge in [-0.1, -0.05) is 45.5 Å². The molecule has 3 aromatic carbocycles. The summed E-state index contributed by atoms with van der Waals surface area (Å²) in [5, 5.41) is 11.9. The molecule has 2 aliphatic heterocycles. The molecule has 0 spiro atoms. The average Bonchev–Trinajstić information content (AvgIpc) is 3.51. The Kier molecular flexibility index (Phi) is 5.46. The van der Waals surface area contributed by atoms with Crippen molar-refractivity contribution >= 4 is 60.1 Å². The van der Waals surface area contributed by atoms with E-state index in [-0.39, 0.29) is 17.4 Å². The van der Waals surface area contributed by atoms with Crippen molar-refractivity contribution in [3.8, 4) is 5.75 Å². The number of hydrogen-bond donors (Lipinski definition) is 1. The van der Waals surface area contributed by atoms with Gasteiger partial charge < -0.3 is 9.84 Å². The van der Waals surface area contributed by atoms with Crippen LogP contribution in [0.5, 0.6) is 5.75 Å².